The molecule has 1 aromatic heterocycles. The van der Waals surface area contributed by atoms with Crippen LogP contribution in [0.1, 0.15) is 13.3 Å². The molecule has 7 heteroatoms. The van der Waals surface area contributed by atoms with E-state index in [1.807, 2.05) is 0 Å². The average Bonchev–Trinajstić information content (AvgIpc) is 3.10. The first-order valence-corrected chi connectivity index (χ1v) is 7.17. The number of fused-ring (bicyclic) bond motifs is 1. The molecule has 0 bridgehead atoms. The molecule has 0 amide bonds. The van der Waals surface area contributed by atoms with Crippen molar-refractivity contribution in [2.45, 2.75) is 13.3 Å². The number of anilines is 1. The van der Waals surface area contributed by atoms with Gasteiger partial charge in [-0.2, -0.15) is 4.98 Å². The van der Waals surface area contributed by atoms with Crippen LogP contribution < -0.4 is 5.32 Å². The van der Waals surface area contributed by atoms with Crippen LogP contribution in [-0.2, 0) is 0 Å². The quantitative estimate of drug-likeness (QED) is 0.672. The Morgan fingerprint density at radius 1 is 1.57 bits per heavy atom. The van der Waals surface area contributed by atoms with Crippen LogP contribution in [0.2, 0.25) is 0 Å². The van der Waals surface area contributed by atoms with Gasteiger partial charge in [-0.15, -0.1) is 0 Å². The first kappa shape index (κ1) is 13.8. The molecule has 1 aromatic carbocycles. The van der Waals surface area contributed by atoms with Crippen molar-refractivity contribution in [2.24, 2.45) is 5.92 Å². The van der Waals surface area contributed by atoms with Gasteiger partial charge in [0, 0.05) is 19.2 Å². The van der Waals surface area contributed by atoms with Crippen LogP contribution in [0.15, 0.2) is 22.6 Å². The predicted octanol–water partition coefficient (Wildman–Crippen LogP) is 2.49. The van der Waals surface area contributed by atoms with Gasteiger partial charge in [-0.05, 0) is 31.5 Å². The van der Waals surface area contributed by atoms with Crippen LogP contribution >= 0.6 is 0 Å². The molecule has 1 aliphatic heterocycles. The van der Waals surface area contributed by atoms with Crippen molar-refractivity contribution in [3.8, 4) is 0 Å². The Bertz CT molecular complexity index is 655. The first-order chi connectivity index (χ1) is 10.2. The molecular formula is C14H18N4O3. The molecule has 2 heterocycles. The number of non-ortho nitro benzene ring substituents is 1. The molecule has 1 N–H and O–H groups in total. The number of aromatic nitrogens is 1. The monoisotopic (exact) mass is 290 g/mol. The molecule has 1 aliphatic rings. The van der Waals surface area contributed by atoms with Gasteiger partial charge in [0.25, 0.3) is 11.7 Å². The molecule has 2 aromatic rings. The maximum atomic E-state index is 10.7. The zero-order valence-electron chi connectivity index (χ0n) is 11.9. The lowest BCUT2D eigenvalue weighted by atomic mass is 10.1. The molecule has 0 aliphatic carbocycles. The minimum Gasteiger partial charge on any atom is -0.423 e. The SMILES string of the molecule is CCN1CCC(CNc2nc3ccc([N+](=O)[O-])cc3o2)C1. The minimum absolute atomic E-state index is 0.0135. The van der Waals surface area contributed by atoms with Crippen molar-refractivity contribution in [1.82, 2.24) is 9.88 Å². The van der Waals surface area contributed by atoms with Crippen LogP contribution in [0.5, 0.6) is 0 Å². The molecule has 1 unspecified atom stereocenters. The Kier molecular flexibility index (Phi) is 3.74. The van der Waals surface area contributed by atoms with Crippen molar-refractivity contribution in [3.05, 3.63) is 28.3 Å². The van der Waals surface area contributed by atoms with Gasteiger partial charge >= 0.3 is 0 Å². The maximum absolute atomic E-state index is 10.7. The summed E-state index contributed by atoms with van der Waals surface area (Å²) in [6.07, 6.45) is 1.17. The van der Waals surface area contributed by atoms with E-state index in [9.17, 15) is 10.1 Å². The summed E-state index contributed by atoms with van der Waals surface area (Å²) in [5.74, 6) is 0.592. The molecule has 1 saturated heterocycles. The molecule has 112 valence electrons. The van der Waals surface area contributed by atoms with Crippen LogP contribution in [-0.4, -0.2) is 41.0 Å². The summed E-state index contributed by atoms with van der Waals surface area (Å²) in [5.41, 5.74) is 1.08. The number of hydrogen-bond donors (Lipinski definition) is 1. The second-order valence-electron chi connectivity index (χ2n) is 5.36. The molecule has 1 fully saturated rings. The van der Waals surface area contributed by atoms with Crippen molar-refractivity contribution in [3.63, 3.8) is 0 Å². The van der Waals surface area contributed by atoms with Crippen molar-refractivity contribution in [1.29, 1.82) is 0 Å². The number of hydrogen-bond acceptors (Lipinski definition) is 6. The van der Waals surface area contributed by atoms with E-state index in [1.165, 1.54) is 18.6 Å². The lowest BCUT2D eigenvalue weighted by molar-refractivity contribution is -0.384. The summed E-state index contributed by atoms with van der Waals surface area (Å²) in [4.78, 5) is 17.0. The van der Waals surface area contributed by atoms with E-state index in [2.05, 4.69) is 22.1 Å². The van der Waals surface area contributed by atoms with Crippen LogP contribution in [0.3, 0.4) is 0 Å². The van der Waals surface area contributed by atoms with Crippen molar-refractivity contribution in [2.75, 3.05) is 31.5 Å². The number of nitrogens with one attached hydrogen (secondary N) is 1. The molecule has 0 saturated carbocycles. The standard InChI is InChI=1S/C14H18N4O3/c1-2-17-6-5-10(9-17)8-15-14-16-12-4-3-11(18(19)20)7-13(12)21-14/h3-4,7,10H,2,5-6,8-9H2,1H3,(H,15,16). The Balaban J connectivity index is 1.66. The summed E-state index contributed by atoms with van der Waals surface area (Å²) in [6.45, 7) is 6.30. The second kappa shape index (κ2) is 5.69. The van der Waals surface area contributed by atoms with Gasteiger partial charge in [0.2, 0.25) is 0 Å². The summed E-state index contributed by atoms with van der Waals surface area (Å²) >= 11 is 0. The third-order valence-electron chi connectivity index (χ3n) is 3.94. The molecule has 21 heavy (non-hydrogen) atoms. The van der Waals surface area contributed by atoms with Gasteiger partial charge in [0.15, 0.2) is 5.58 Å². The molecule has 7 nitrogen and oxygen atoms in total. The summed E-state index contributed by atoms with van der Waals surface area (Å²) < 4.78 is 5.53. The zero-order valence-corrected chi connectivity index (χ0v) is 11.9. The largest absolute Gasteiger partial charge is 0.423 e. The van der Waals surface area contributed by atoms with Crippen LogP contribution in [0.25, 0.3) is 11.1 Å². The van der Waals surface area contributed by atoms with Crippen molar-refractivity contribution < 1.29 is 9.34 Å². The third kappa shape index (κ3) is 2.97. The highest BCUT2D eigenvalue weighted by atomic mass is 16.6. The lowest BCUT2D eigenvalue weighted by Gasteiger charge is -2.12. The summed E-state index contributed by atoms with van der Waals surface area (Å²) in [7, 11) is 0. The zero-order chi connectivity index (χ0) is 14.8. The topological polar surface area (TPSA) is 84.4 Å². The van der Waals surface area contributed by atoms with E-state index < -0.39 is 4.92 Å². The van der Waals surface area contributed by atoms with E-state index in [-0.39, 0.29) is 5.69 Å². The highest BCUT2D eigenvalue weighted by Gasteiger charge is 2.21. The number of nitro benzene ring substituents is 1. The van der Waals surface area contributed by atoms with E-state index in [4.69, 9.17) is 4.42 Å². The fourth-order valence-electron chi connectivity index (χ4n) is 2.70. The molecule has 0 radical (unpaired) electrons. The fraction of sp³-hybridized carbons (Fsp3) is 0.500. The number of nitrogens with zero attached hydrogens (tertiary/aromatic N) is 3. The van der Waals surface area contributed by atoms with Crippen LogP contribution in [0.4, 0.5) is 11.7 Å². The number of likely N-dealkylation sites (tertiary alicyclic amines) is 1. The van der Waals surface area contributed by atoms with E-state index >= 15 is 0 Å². The Morgan fingerprint density at radius 3 is 3.14 bits per heavy atom. The second-order valence-corrected chi connectivity index (χ2v) is 5.36. The smallest absolute Gasteiger partial charge is 0.295 e. The Labute approximate surface area is 122 Å². The van der Waals surface area contributed by atoms with E-state index in [0.717, 1.165) is 26.2 Å². The van der Waals surface area contributed by atoms with Crippen LogP contribution in [0, 0.1) is 16.0 Å². The van der Waals surface area contributed by atoms with Gasteiger partial charge in [0.05, 0.1) is 11.0 Å². The molecule has 1 atom stereocenters. The predicted molar refractivity (Wildman–Crippen MR) is 79.4 cm³/mol. The summed E-state index contributed by atoms with van der Waals surface area (Å²) in [6, 6.07) is 4.88. The fourth-order valence-corrected chi connectivity index (χ4v) is 2.70. The number of rotatable bonds is 5. The Hall–Kier alpha value is -2.15. The highest BCUT2D eigenvalue weighted by molar-refractivity contribution is 5.77. The van der Waals surface area contributed by atoms with Gasteiger partial charge in [-0.1, -0.05) is 6.92 Å². The van der Waals surface area contributed by atoms with Gasteiger partial charge in [-0.3, -0.25) is 10.1 Å². The van der Waals surface area contributed by atoms with Gasteiger partial charge in [-0.25, -0.2) is 0 Å². The number of oxazole rings is 1. The minimum atomic E-state index is -0.438. The molecule has 3 rings (SSSR count). The molecule has 0 spiro atoms. The van der Waals surface area contributed by atoms with E-state index in [1.54, 1.807) is 6.07 Å². The normalized spacial score (nSPS) is 19.2. The van der Waals surface area contributed by atoms with Crippen molar-refractivity contribution >= 4 is 22.8 Å². The average molecular weight is 290 g/mol. The lowest BCUT2D eigenvalue weighted by Crippen LogP contribution is -2.22. The maximum Gasteiger partial charge on any atom is 0.295 e. The Morgan fingerprint density at radius 2 is 2.43 bits per heavy atom. The van der Waals surface area contributed by atoms with Gasteiger partial charge < -0.3 is 14.6 Å². The highest BCUT2D eigenvalue weighted by Crippen LogP contribution is 2.24. The first-order valence-electron chi connectivity index (χ1n) is 7.17. The van der Waals surface area contributed by atoms with Gasteiger partial charge in [0.1, 0.15) is 5.52 Å². The number of nitro groups is 1. The third-order valence-corrected chi connectivity index (χ3v) is 3.94. The number of benzene rings is 1. The summed E-state index contributed by atoms with van der Waals surface area (Å²) in [5, 5.41) is 13.9. The van der Waals surface area contributed by atoms with E-state index in [0.29, 0.717) is 23.0 Å². The molecular weight excluding hydrogens is 272 g/mol.